The fourth-order valence-corrected chi connectivity index (χ4v) is 3.49. The molecule has 0 bridgehead atoms. The zero-order chi connectivity index (χ0) is 17.5. The van der Waals surface area contributed by atoms with E-state index in [4.69, 9.17) is 0 Å². The second kappa shape index (κ2) is 8.54. The van der Waals surface area contributed by atoms with E-state index in [-0.39, 0.29) is 11.2 Å². The van der Waals surface area contributed by atoms with Crippen LogP contribution in [0.5, 0.6) is 0 Å². The molecule has 3 heteroatoms. The Hall–Kier alpha value is -2.52. The summed E-state index contributed by atoms with van der Waals surface area (Å²) in [7, 11) is 0. The summed E-state index contributed by atoms with van der Waals surface area (Å²) in [5.41, 5.74) is 3.24. The highest BCUT2D eigenvalue weighted by molar-refractivity contribution is 8.00. The van der Waals surface area contributed by atoms with Gasteiger partial charge in [-0.1, -0.05) is 66.7 Å². The Kier molecular flexibility index (Phi) is 5.91. The Morgan fingerprint density at radius 2 is 1.48 bits per heavy atom. The van der Waals surface area contributed by atoms with E-state index in [1.165, 1.54) is 5.56 Å². The van der Waals surface area contributed by atoms with Crippen LogP contribution in [0.2, 0.25) is 0 Å². The van der Waals surface area contributed by atoms with Gasteiger partial charge in [-0.3, -0.25) is 4.79 Å². The van der Waals surface area contributed by atoms with Gasteiger partial charge in [0.2, 0.25) is 5.91 Å². The molecule has 0 aromatic heterocycles. The van der Waals surface area contributed by atoms with Gasteiger partial charge in [0.1, 0.15) is 0 Å². The zero-order valence-corrected chi connectivity index (χ0v) is 15.0. The van der Waals surface area contributed by atoms with Gasteiger partial charge in [0.25, 0.3) is 0 Å². The second-order valence-electron chi connectivity index (χ2n) is 5.88. The molecule has 0 saturated heterocycles. The first-order valence-corrected chi connectivity index (χ1v) is 9.25. The Morgan fingerprint density at radius 1 is 0.880 bits per heavy atom. The number of benzene rings is 3. The molecular formula is C22H21NOS. The molecule has 0 spiro atoms. The normalized spacial score (nSPS) is 11.7. The molecule has 0 unspecified atom stereocenters. The minimum absolute atomic E-state index is 0.0226. The SMILES string of the molecule is C[C@@H](Sc1ccccc1)C(=O)Nc1ccccc1Cc1ccccc1. The Balaban J connectivity index is 1.69. The lowest BCUT2D eigenvalue weighted by molar-refractivity contribution is -0.115. The van der Waals surface area contributed by atoms with Gasteiger partial charge >= 0.3 is 0 Å². The molecule has 1 N–H and O–H groups in total. The van der Waals surface area contributed by atoms with Crippen LogP contribution in [0.4, 0.5) is 5.69 Å². The molecule has 3 aromatic rings. The Bertz CT molecular complexity index is 818. The summed E-state index contributed by atoms with van der Waals surface area (Å²) in [5.74, 6) is 0.0226. The van der Waals surface area contributed by atoms with Crippen molar-refractivity contribution in [3.63, 3.8) is 0 Å². The number of thioether (sulfide) groups is 1. The van der Waals surface area contributed by atoms with Gasteiger partial charge in [-0.2, -0.15) is 0 Å². The van der Waals surface area contributed by atoms with Crippen LogP contribution in [0, 0.1) is 0 Å². The first kappa shape index (κ1) is 17.3. The van der Waals surface area contributed by atoms with Crippen LogP contribution in [0.3, 0.4) is 0 Å². The monoisotopic (exact) mass is 347 g/mol. The lowest BCUT2D eigenvalue weighted by atomic mass is 10.0. The van der Waals surface area contributed by atoms with E-state index in [2.05, 4.69) is 23.5 Å². The standard InChI is InChI=1S/C22H21NOS/c1-17(25-20-13-6-3-7-14-20)22(24)23-21-15-9-8-12-19(21)16-18-10-4-2-5-11-18/h2-15,17H,16H2,1H3,(H,23,24)/t17-/m1/s1. The number of amides is 1. The molecule has 0 fully saturated rings. The number of para-hydroxylation sites is 1. The first-order chi connectivity index (χ1) is 12.2. The van der Waals surface area contributed by atoms with Gasteiger partial charge in [0, 0.05) is 10.6 Å². The minimum Gasteiger partial charge on any atom is -0.325 e. The van der Waals surface area contributed by atoms with E-state index in [0.29, 0.717) is 0 Å². The molecule has 25 heavy (non-hydrogen) atoms. The quantitative estimate of drug-likeness (QED) is 0.605. The van der Waals surface area contributed by atoms with Crippen LogP contribution in [-0.2, 0) is 11.2 Å². The summed E-state index contributed by atoms with van der Waals surface area (Å²) in [6.45, 7) is 1.94. The van der Waals surface area contributed by atoms with E-state index >= 15 is 0 Å². The predicted octanol–water partition coefficient (Wildman–Crippen LogP) is 5.40. The largest absolute Gasteiger partial charge is 0.325 e. The van der Waals surface area contributed by atoms with E-state index in [1.54, 1.807) is 11.8 Å². The van der Waals surface area contributed by atoms with Crippen molar-refractivity contribution in [3.05, 3.63) is 96.1 Å². The van der Waals surface area contributed by atoms with Gasteiger partial charge in [0.05, 0.1) is 5.25 Å². The maximum atomic E-state index is 12.6. The van der Waals surface area contributed by atoms with E-state index in [9.17, 15) is 4.79 Å². The van der Waals surface area contributed by atoms with Gasteiger partial charge in [0.15, 0.2) is 0 Å². The second-order valence-corrected chi connectivity index (χ2v) is 7.30. The molecule has 126 valence electrons. The maximum Gasteiger partial charge on any atom is 0.237 e. The third-order valence-electron chi connectivity index (χ3n) is 3.94. The van der Waals surface area contributed by atoms with Gasteiger partial charge in [-0.25, -0.2) is 0 Å². The molecule has 0 saturated carbocycles. The van der Waals surface area contributed by atoms with E-state index in [1.807, 2.05) is 73.7 Å². The number of hydrogen-bond donors (Lipinski definition) is 1. The van der Waals surface area contributed by atoms with Crippen molar-refractivity contribution >= 4 is 23.4 Å². The molecular weight excluding hydrogens is 326 g/mol. The van der Waals surface area contributed by atoms with Crippen molar-refractivity contribution in [2.24, 2.45) is 0 Å². The third-order valence-corrected chi connectivity index (χ3v) is 5.05. The number of carbonyl (C=O) groups excluding carboxylic acids is 1. The molecule has 3 rings (SSSR count). The topological polar surface area (TPSA) is 29.1 Å². The van der Waals surface area contributed by atoms with Crippen LogP contribution in [-0.4, -0.2) is 11.2 Å². The van der Waals surface area contributed by atoms with Crippen LogP contribution in [0.25, 0.3) is 0 Å². The molecule has 0 aliphatic rings. The summed E-state index contributed by atoms with van der Waals surface area (Å²) in [4.78, 5) is 13.7. The highest BCUT2D eigenvalue weighted by Crippen LogP contribution is 2.25. The molecule has 0 aliphatic carbocycles. The highest BCUT2D eigenvalue weighted by Gasteiger charge is 2.15. The number of anilines is 1. The van der Waals surface area contributed by atoms with Crippen LogP contribution < -0.4 is 5.32 Å². The lowest BCUT2D eigenvalue weighted by Crippen LogP contribution is -2.23. The van der Waals surface area contributed by atoms with E-state index < -0.39 is 0 Å². The molecule has 0 aliphatic heterocycles. The summed E-state index contributed by atoms with van der Waals surface area (Å²) < 4.78 is 0. The third kappa shape index (κ3) is 4.97. The highest BCUT2D eigenvalue weighted by atomic mass is 32.2. The molecule has 1 atom stereocenters. The zero-order valence-electron chi connectivity index (χ0n) is 14.2. The molecule has 2 nitrogen and oxygen atoms in total. The summed E-state index contributed by atoms with van der Waals surface area (Å²) in [6.07, 6.45) is 0.803. The number of nitrogens with one attached hydrogen (secondary N) is 1. The average molecular weight is 347 g/mol. The minimum atomic E-state index is -0.160. The Morgan fingerprint density at radius 3 is 2.20 bits per heavy atom. The van der Waals surface area contributed by atoms with Crippen molar-refractivity contribution in [2.75, 3.05) is 5.32 Å². The number of hydrogen-bond acceptors (Lipinski definition) is 2. The van der Waals surface area contributed by atoms with Crippen molar-refractivity contribution in [1.82, 2.24) is 0 Å². The fourth-order valence-electron chi connectivity index (χ4n) is 2.60. The van der Waals surface area contributed by atoms with Crippen molar-refractivity contribution in [3.8, 4) is 0 Å². The van der Waals surface area contributed by atoms with Crippen LogP contribution in [0.1, 0.15) is 18.1 Å². The van der Waals surface area contributed by atoms with Crippen molar-refractivity contribution < 1.29 is 4.79 Å². The van der Waals surface area contributed by atoms with Crippen molar-refractivity contribution in [2.45, 2.75) is 23.5 Å². The van der Waals surface area contributed by atoms with E-state index in [0.717, 1.165) is 22.6 Å². The van der Waals surface area contributed by atoms with Gasteiger partial charge in [-0.15, -0.1) is 11.8 Å². The summed E-state index contributed by atoms with van der Waals surface area (Å²) >= 11 is 1.57. The fraction of sp³-hybridized carbons (Fsp3) is 0.136. The smallest absolute Gasteiger partial charge is 0.237 e. The predicted molar refractivity (Wildman–Crippen MR) is 106 cm³/mol. The summed E-state index contributed by atoms with van der Waals surface area (Å²) in [6, 6.07) is 28.3. The van der Waals surface area contributed by atoms with Crippen molar-refractivity contribution in [1.29, 1.82) is 0 Å². The molecule has 1 amide bonds. The maximum absolute atomic E-state index is 12.6. The Labute approximate surface area is 153 Å². The van der Waals surface area contributed by atoms with Crippen LogP contribution >= 0.6 is 11.8 Å². The molecule has 3 aromatic carbocycles. The van der Waals surface area contributed by atoms with Gasteiger partial charge < -0.3 is 5.32 Å². The summed E-state index contributed by atoms with van der Waals surface area (Å²) in [5, 5.41) is 2.93. The lowest BCUT2D eigenvalue weighted by Gasteiger charge is -2.15. The van der Waals surface area contributed by atoms with Gasteiger partial charge in [-0.05, 0) is 42.7 Å². The van der Waals surface area contributed by atoms with Crippen LogP contribution in [0.15, 0.2) is 89.8 Å². The number of carbonyl (C=O) groups is 1. The molecule has 0 heterocycles. The average Bonchev–Trinajstić information content (AvgIpc) is 2.65. The number of rotatable bonds is 6. The molecule has 0 radical (unpaired) electrons. The first-order valence-electron chi connectivity index (χ1n) is 8.37.